The van der Waals surface area contributed by atoms with E-state index in [0.29, 0.717) is 16.5 Å². The van der Waals surface area contributed by atoms with E-state index in [4.69, 9.17) is 5.73 Å². The average molecular weight is 291 g/mol. The van der Waals surface area contributed by atoms with Crippen molar-refractivity contribution in [2.24, 2.45) is 0 Å². The highest BCUT2D eigenvalue weighted by molar-refractivity contribution is 6.03. The third-order valence-corrected chi connectivity index (χ3v) is 3.41. The molecule has 0 bridgehead atoms. The number of fused-ring (bicyclic) bond motifs is 1. The largest absolute Gasteiger partial charge is 0.383 e. The highest BCUT2D eigenvalue weighted by atomic mass is 19.1. The van der Waals surface area contributed by atoms with Gasteiger partial charge in [-0.3, -0.25) is 4.79 Å². The zero-order valence-electron chi connectivity index (χ0n) is 11.4. The van der Waals surface area contributed by atoms with E-state index in [-0.39, 0.29) is 16.9 Å². The summed E-state index contributed by atoms with van der Waals surface area (Å²) >= 11 is 0. The number of pyridine rings is 1. The maximum atomic E-state index is 13.0. The first-order chi connectivity index (χ1) is 10.6. The number of hydrogen-bond donors (Lipinski definition) is 1. The highest BCUT2D eigenvalue weighted by Gasteiger charge is 2.16. The van der Waals surface area contributed by atoms with Gasteiger partial charge in [-0.15, -0.1) is 0 Å². The molecule has 2 aromatic carbocycles. The summed E-state index contributed by atoms with van der Waals surface area (Å²) in [4.78, 5) is 15.1. The van der Waals surface area contributed by atoms with Crippen LogP contribution in [-0.4, -0.2) is 11.0 Å². The minimum absolute atomic E-state index is 0.0832. The fraction of sp³-hybridized carbons (Fsp3) is 0. The van der Waals surface area contributed by atoms with Crippen molar-refractivity contribution >= 4 is 22.8 Å². The van der Waals surface area contributed by atoms with Crippen LogP contribution >= 0.6 is 0 Å². The first-order valence-corrected chi connectivity index (χ1v) is 6.50. The highest BCUT2D eigenvalue weighted by Crippen LogP contribution is 2.34. The minimum atomic E-state index is -1.53. The standard InChI is InChI=1S/C17H10FN3O/c18-16(22)11-6-7-14-12(8-11)15(10-4-2-1-3-5-10)13(9-19)17(20)21-14/h1-8H,(H2,20,21). The quantitative estimate of drug-likeness (QED) is 0.733. The molecule has 106 valence electrons. The van der Waals surface area contributed by atoms with E-state index in [2.05, 4.69) is 4.98 Å². The van der Waals surface area contributed by atoms with Gasteiger partial charge < -0.3 is 5.73 Å². The first kappa shape index (κ1) is 13.7. The van der Waals surface area contributed by atoms with Gasteiger partial charge in [-0.25, -0.2) is 4.98 Å². The SMILES string of the molecule is N#Cc1c(N)nc2ccc(C(=O)F)cc2c1-c1ccccc1. The van der Waals surface area contributed by atoms with Crippen LogP contribution in [0, 0.1) is 11.3 Å². The van der Waals surface area contributed by atoms with Gasteiger partial charge in [0.1, 0.15) is 17.5 Å². The molecule has 0 fully saturated rings. The normalized spacial score (nSPS) is 10.4. The van der Waals surface area contributed by atoms with E-state index < -0.39 is 6.04 Å². The van der Waals surface area contributed by atoms with E-state index in [1.54, 1.807) is 0 Å². The molecule has 3 aromatic rings. The lowest BCUT2D eigenvalue weighted by molar-refractivity contribution is 0.0836. The molecule has 1 aromatic heterocycles. The van der Waals surface area contributed by atoms with Gasteiger partial charge in [-0.1, -0.05) is 30.3 Å². The number of anilines is 1. The van der Waals surface area contributed by atoms with E-state index in [0.717, 1.165) is 5.56 Å². The van der Waals surface area contributed by atoms with Gasteiger partial charge in [0.25, 0.3) is 0 Å². The summed E-state index contributed by atoms with van der Waals surface area (Å²) in [6, 6.07) is 13.9. The van der Waals surface area contributed by atoms with Crippen LogP contribution in [0.3, 0.4) is 0 Å². The monoisotopic (exact) mass is 291 g/mol. The minimum Gasteiger partial charge on any atom is -0.383 e. The Morgan fingerprint density at radius 1 is 1.18 bits per heavy atom. The van der Waals surface area contributed by atoms with Crippen molar-refractivity contribution in [3.8, 4) is 17.2 Å². The predicted molar refractivity (Wildman–Crippen MR) is 81.7 cm³/mol. The molecule has 22 heavy (non-hydrogen) atoms. The molecule has 0 saturated heterocycles. The zero-order valence-corrected chi connectivity index (χ0v) is 11.4. The van der Waals surface area contributed by atoms with Gasteiger partial charge in [0, 0.05) is 10.9 Å². The predicted octanol–water partition coefficient (Wildman–Crippen LogP) is 3.47. The lowest BCUT2D eigenvalue weighted by Gasteiger charge is -2.11. The van der Waals surface area contributed by atoms with Gasteiger partial charge in [0.2, 0.25) is 0 Å². The molecule has 0 saturated carbocycles. The van der Waals surface area contributed by atoms with Crippen molar-refractivity contribution in [1.29, 1.82) is 5.26 Å². The van der Waals surface area contributed by atoms with Crippen molar-refractivity contribution in [3.63, 3.8) is 0 Å². The number of aromatic nitrogens is 1. The number of nitrogen functional groups attached to an aromatic ring is 1. The van der Waals surface area contributed by atoms with E-state index in [1.807, 2.05) is 36.4 Å². The maximum absolute atomic E-state index is 13.0. The fourth-order valence-electron chi connectivity index (χ4n) is 2.42. The van der Waals surface area contributed by atoms with Gasteiger partial charge in [-0.05, 0) is 23.8 Å². The number of rotatable bonds is 2. The summed E-state index contributed by atoms with van der Waals surface area (Å²) in [5, 5.41) is 9.90. The third-order valence-electron chi connectivity index (χ3n) is 3.41. The molecule has 1 heterocycles. The third kappa shape index (κ3) is 2.17. The van der Waals surface area contributed by atoms with Gasteiger partial charge >= 0.3 is 6.04 Å². The molecule has 0 spiro atoms. The molecule has 0 atom stereocenters. The second-order valence-corrected chi connectivity index (χ2v) is 4.73. The molecule has 0 aliphatic heterocycles. The molecule has 0 amide bonds. The molecule has 2 N–H and O–H groups in total. The summed E-state index contributed by atoms with van der Waals surface area (Å²) in [5.41, 5.74) is 7.79. The number of benzene rings is 2. The van der Waals surface area contributed by atoms with Gasteiger partial charge in [0.15, 0.2) is 0 Å². The Kier molecular flexibility index (Phi) is 3.28. The smallest absolute Gasteiger partial charge is 0.332 e. The molecule has 0 aliphatic rings. The van der Waals surface area contributed by atoms with Crippen LogP contribution in [0.4, 0.5) is 10.2 Å². The number of nitrogens with two attached hydrogens (primary N) is 1. The summed E-state index contributed by atoms with van der Waals surface area (Å²) in [5.74, 6) is 0.105. The Bertz CT molecular complexity index is 930. The first-order valence-electron chi connectivity index (χ1n) is 6.50. The molecule has 4 nitrogen and oxygen atoms in total. The van der Waals surface area contributed by atoms with Crippen LogP contribution < -0.4 is 5.73 Å². The molecule has 0 aliphatic carbocycles. The summed E-state index contributed by atoms with van der Waals surface area (Å²) in [6.45, 7) is 0. The molecule has 0 unspecified atom stereocenters. The van der Waals surface area contributed by atoms with E-state index in [9.17, 15) is 14.4 Å². The Balaban J connectivity index is 2.47. The van der Waals surface area contributed by atoms with Gasteiger partial charge in [-0.2, -0.15) is 9.65 Å². The van der Waals surface area contributed by atoms with Crippen LogP contribution in [0.2, 0.25) is 0 Å². The van der Waals surface area contributed by atoms with Crippen molar-refractivity contribution in [3.05, 3.63) is 59.7 Å². The topological polar surface area (TPSA) is 79.8 Å². The summed E-state index contributed by atoms with van der Waals surface area (Å²) in [6.07, 6.45) is 0. The lowest BCUT2D eigenvalue weighted by Crippen LogP contribution is -2.00. The molecular formula is C17H10FN3O. The fourth-order valence-corrected chi connectivity index (χ4v) is 2.42. The Labute approximate surface area is 125 Å². The molecule has 0 radical (unpaired) electrons. The number of hydrogen-bond acceptors (Lipinski definition) is 4. The van der Waals surface area contributed by atoms with E-state index >= 15 is 0 Å². The van der Waals surface area contributed by atoms with E-state index in [1.165, 1.54) is 18.2 Å². The van der Waals surface area contributed by atoms with Crippen LogP contribution in [0.1, 0.15) is 15.9 Å². The van der Waals surface area contributed by atoms with Gasteiger partial charge in [0.05, 0.1) is 11.1 Å². The van der Waals surface area contributed by atoms with Crippen LogP contribution in [0.15, 0.2) is 48.5 Å². The summed E-state index contributed by atoms with van der Waals surface area (Å²) < 4.78 is 13.0. The number of nitriles is 1. The van der Waals surface area contributed by atoms with Crippen LogP contribution in [-0.2, 0) is 0 Å². The Morgan fingerprint density at radius 3 is 2.55 bits per heavy atom. The lowest BCUT2D eigenvalue weighted by atomic mass is 9.95. The maximum Gasteiger partial charge on any atom is 0.332 e. The number of nitrogens with zero attached hydrogens (tertiary/aromatic N) is 2. The summed E-state index contributed by atoms with van der Waals surface area (Å²) in [7, 11) is 0. The van der Waals surface area contributed by atoms with Crippen molar-refractivity contribution in [2.45, 2.75) is 0 Å². The Hall–Kier alpha value is -3.26. The molecular weight excluding hydrogens is 281 g/mol. The second-order valence-electron chi connectivity index (χ2n) is 4.73. The van der Waals surface area contributed by atoms with Crippen LogP contribution in [0.5, 0.6) is 0 Å². The zero-order chi connectivity index (χ0) is 15.7. The second kappa shape index (κ2) is 5.26. The number of carbonyl (C=O) groups is 1. The van der Waals surface area contributed by atoms with Crippen molar-refractivity contribution in [1.82, 2.24) is 4.98 Å². The number of carbonyl (C=O) groups excluding carboxylic acids is 1. The van der Waals surface area contributed by atoms with Crippen molar-refractivity contribution < 1.29 is 9.18 Å². The Morgan fingerprint density at radius 2 is 1.91 bits per heavy atom. The average Bonchev–Trinajstić information content (AvgIpc) is 2.53. The van der Waals surface area contributed by atoms with Crippen LogP contribution in [0.25, 0.3) is 22.0 Å². The molecule has 3 rings (SSSR count). The number of halogens is 1. The molecule has 5 heteroatoms. The van der Waals surface area contributed by atoms with Crippen molar-refractivity contribution in [2.75, 3.05) is 5.73 Å².